The number of aromatic hydroxyl groups is 1. The van der Waals surface area contributed by atoms with Crippen LogP contribution >= 0.6 is 0 Å². The molecule has 1 aromatic rings. The quantitative estimate of drug-likeness (QED) is 0.681. The van der Waals surface area contributed by atoms with Crippen LogP contribution in [-0.4, -0.2) is 28.1 Å². The molecule has 1 rings (SSSR count). The van der Waals surface area contributed by atoms with Crippen LogP contribution in [0.15, 0.2) is 36.4 Å². The van der Waals surface area contributed by atoms with Crippen LogP contribution in [0.25, 0.3) is 0 Å². The molecule has 96 valence electrons. The van der Waals surface area contributed by atoms with Crippen LogP contribution in [0.5, 0.6) is 5.75 Å². The van der Waals surface area contributed by atoms with Crippen molar-refractivity contribution in [2.45, 2.75) is 19.4 Å². The minimum atomic E-state index is -1.11. The van der Waals surface area contributed by atoms with E-state index in [1.807, 2.05) is 0 Å². The maximum Gasteiger partial charge on any atom is 0.326 e. The first-order valence-electron chi connectivity index (χ1n) is 5.37. The molecule has 0 saturated carbocycles. The monoisotopic (exact) mass is 249 g/mol. The van der Waals surface area contributed by atoms with Crippen molar-refractivity contribution < 1.29 is 19.8 Å². The smallest absolute Gasteiger partial charge is 0.326 e. The molecular weight excluding hydrogens is 234 g/mol. The van der Waals surface area contributed by atoms with Gasteiger partial charge >= 0.3 is 5.97 Å². The Labute approximate surface area is 105 Å². The molecule has 5 heteroatoms. The highest BCUT2D eigenvalue weighted by molar-refractivity contribution is 5.94. The molecule has 1 aromatic carbocycles. The van der Waals surface area contributed by atoms with Crippen molar-refractivity contribution in [1.29, 1.82) is 0 Å². The zero-order valence-corrected chi connectivity index (χ0v) is 10.0. The average Bonchev–Trinajstić information content (AvgIpc) is 2.30. The summed E-state index contributed by atoms with van der Waals surface area (Å²) < 4.78 is 0. The molecule has 1 amide bonds. The van der Waals surface area contributed by atoms with Crippen LogP contribution in [0.1, 0.15) is 12.5 Å². The van der Waals surface area contributed by atoms with Gasteiger partial charge in [-0.1, -0.05) is 18.7 Å². The van der Waals surface area contributed by atoms with E-state index in [1.54, 1.807) is 12.1 Å². The summed E-state index contributed by atoms with van der Waals surface area (Å²) in [6.07, 6.45) is 0.147. The van der Waals surface area contributed by atoms with Gasteiger partial charge in [-0.3, -0.25) is 4.79 Å². The van der Waals surface area contributed by atoms with Crippen LogP contribution in [0.3, 0.4) is 0 Å². The summed E-state index contributed by atoms with van der Waals surface area (Å²) in [5.41, 5.74) is 0.967. The molecule has 3 N–H and O–H groups in total. The minimum Gasteiger partial charge on any atom is -0.508 e. The summed E-state index contributed by atoms with van der Waals surface area (Å²) in [5, 5.41) is 20.5. The molecule has 0 bridgehead atoms. The van der Waals surface area contributed by atoms with E-state index >= 15 is 0 Å². The van der Waals surface area contributed by atoms with Crippen LogP contribution in [0.2, 0.25) is 0 Å². The van der Waals surface area contributed by atoms with Crippen LogP contribution in [-0.2, 0) is 16.0 Å². The number of nitrogens with one attached hydrogen (secondary N) is 1. The molecule has 0 aromatic heterocycles. The summed E-state index contributed by atoms with van der Waals surface area (Å²) in [7, 11) is 0. The number of phenolic OH excluding ortho intramolecular Hbond substituents is 1. The van der Waals surface area contributed by atoms with E-state index in [0.717, 1.165) is 0 Å². The predicted molar refractivity (Wildman–Crippen MR) is 66.2 cm³/mol. The van der Waals surface area contributed by atoms with Crippen molar-refractivity contribution >= 4 is 11.9 Å². The Hall–Kier alpha value is -2.30. The second kappa shape index (κ2) is 5.86. The van der Waals surface area contributed by atoms with Crippen LogP contribution < -0.4 is 5.32 Å². The average molecular weight is 249 g/mol. The first kappa shape index (κ1) is 13.8. The van der Waals surface area contributed by atoms with Gasteiger partial charge in [-0.05, 0) is 24.6 Å². The Kier molecular flexibility index (Phi) is 4.48. The number of hydrogen-bond acceptors (Lipinski definition) is 3. The number of carbonyl (C=O) groups excluding carboxylic acids is 1. The molecule has 1 atom stereocenters. The van der Waals surface area contributed by atoms with E-state index in [2.05, 4.69) is 11.9 Å². The van der Waals surface area contributed by atoms with E-state index in [0.29, 0.717) is 5.56 Å². The molecular formula is C13H15NO4. The number of amides is 1. The third-order valence-electron chi connectivity index (χ3n) is 2.37. The summed E-state index contributed by atoms with van der Waals surface area (Å²) in [6, 6.07) is 5.14. The number of hydrogen-bond donors (Lipinski definition) is 3. The predicted octanol–water partition coefficient (Wildman–Crippen LogP) is 1.08. The van der Waals surface area contributed by atoms with Crippen LogP contribution in [0.4, 0.5) is 0 Å². The zero-order valence-electron chi connectivity index (χ0n) is 10.0. The lowest BCUT2D eigenvalue weighted by molar-refractivity contribution is -0.141. The van der Waals surface area contributed by atoms with Gasteiger partial charge in [0.1, 0.15) is 11.8 Å². The fraction of sp³-hybridized carbons (Fsp3) is 0.231. The molecule has 0 saturated heterocycles. The van der Waals surface area contributed by atoms with Crippen molar-refractivity contribution in [3.05, 3.63) is 42.0 Å². The second-order valence-corrected chi connectivity index (χ2v) is 4.02. The molecule has 5 nitrogen and oxygen atoms in total. The van der Waals surface area contributed by atoms with Gasteiger partial charge in [-0.15, -0.1) is 0 Å². The first-order valence-corrected chi connectivity index (χ1v) is 5.37. The van der Waals surface area contributed by atoms with Gasteiger partial charge in [0.2, 0.25) is 5.91 Å². The molecule has 0 spiro atoms. The van der Waals surface area contributed by atoms with Crippen LogP contribution in [0, 0.1) is 0 Å². The number of benzene rings is 1. The maximum atomic E-state index is 11.4. The van der Waals surface area contributed by atoms with Crippen molar-refractivity contribution in [3.8, 4) is 5.75 Å². The van der Waals surface area contributed by atoms with Gasteiger partial charge in [0.25, 0.3) is 0 Å². The fourth-order valence-electron chi connectivity index (χ4n) is 1.35. The zero-order chi connectivity index (χ0) is 13.7. The SMILES string of the molecule is C=C(C)C(=O)N[C@@H](Cc1ccc(O)cc1)C(=O)O. The van der Waals surface area contributed by atoms with Crippen molar-refractivity contribution in [3.63, 3.8) is 0 Å². The van der Waals surface area contributed by atoms with E-state index in [-0.39, 0.29) is 17.7 Å². The lowest BCUT2D eigenvalue weighted by atomic mass is 10.1. The van der Waals surface area contributed by atoms with E-state index < -0.39 is 17.9 Å². The van der Waals surface area contributed by atoms with E-state index in [9.17, 15) is 9.59 Å². The maximum absolute atomic E-state index is 11.4. The molecule has 0 fully saturated rings. The summed E-state index contributed by atoms with van der Waals surface area (Å²) in [4.78, 5) is 22.4. The third-order valence-corrected chi connectivity index (χ3v) is 2.37. The number of carbonyl (C=O) groups is 2. The summed E-state index contributed by atoms with van der Waals surface area (Å²) in [6.45, 7) is 4.96. The number of rotatable bonds is 5. The molecule has 18 heavy (non-hydrogen) atoms. The number of carboxylic acids is 1. The molecule has 0 aliphatic carbocycles. The molecule has 0 radical (unpaired) electrons. The fourth-order valence-corrected chi connectivity index (χ4v) is 1.35. The van der Waals surface area contributed by atoms with Crippen molar-refractivity contribution in [2.24, 2.45) is 0 Å². The largest absolute Gasteiger partial charge is 0.508 e. The Morgan fingerprint density at radius 1 is 1.33 bits per heavy atom. The Morgan fingerprint density at radius 2 is 1.89 bits per heavy atom. The van der Waals surface area contributed by atoms with Crippen molar-refractivity contribution in [2.75, 3.05) is 0 Å². The van der Waals surface area contributed by atoms with Gasteiger partial charge in [-0.25, -0.2) is 4.79 Å². The molecule has 0 unspecified atom stereocenters. The number of phenols is 1. The highest BCUT2D eigenvalue weighted by atomic mass is 16.4. The third kappa shape index (κ3) is 3.93. The van der Waals surface area contributed by atoms with E-state index in [1.165, 1.54) is 19.1 Å². The molecule has 0 heterocycles. The Morgan fingerprint density at radius 3 is 2.33 bits per heavy atom. The van der Waals surface area contributed by atoms with Gasteiger partial charge in [0, 0.05) is 12.0 Å². The molecule has 0 aliphatic rings. The Bertz CT molecular complexity index is 464. The first-order chi connectivity index (χ1) is 8.40. The second-order valence-electron chi connectivity index (χ2n) is 4.02. The lowest BCUT2D eigenvalue weighted by Crippen LogP contribution is -2.42. The molecule has 0 aliphatic heterocycles. The minimum absolute atomic E-state index is 0.108. The van der Waals surface area contributed by atoms with Gasteiger partial charge < -0.3 is 15.5 Å². The number of aliphatic carboxylic acids is 1. The summed E-state index contributed by atoms with van der Waals surface area (Å²) >= 11 is 0. The highest BCUT2D eigenvalue weighted by Crippen LogP contribution is 2.11. The Balaban J connectivity index is 2.75. The van der Waals surface area contributed by atoms with Gasteiger partial charge in [0.15, 0.2) is 0 Å². The van der Waals surface area contributed by atoms with Crippen molar-refractivity contribution in [1.82, 2.24) is 5.32 Å². The van der Waals surface area contributed by atoms with Gasteiger partial charge in [0.05, 0.1) is 0 Å². The van der Waals surface area contributed by atoms with Gasteiger partial charge in [-0.2, -0.15) is 0 Å². The normalized spacial score (nSPS) is 11.6. The number of carboxylic acid groups (broad SMARTS) is 1. The summed E-state index contributed by atoms with van der Waals surface area (Å²) in [5.74, 6) is -1.49. The van der Waals surface area contributed by atoms with E-state index in [4.69, 9.17) is 10.2 Å². The topological polar surface area (TPSA) is 86.6 Å². The standard InChI is InChI=1S/C13H15NO4/c1-8(2)12(16)14-11(13(17)18)7-9-3-5-10(15)6-4-9/h3-6,11,15H,1,7H2,2H3,(H,14,16)(H,17,18)/t11-/m0/s1. The lowest BCUT2D eigenvalue weighted by Gasteiger charge is -2.14. The highest BCUT2D eigenvalue weighted by Gasteiger charge is 2.20.